The van der Waals surface area contributed by atoms with Gasteiger partial charge in [-0.1, -0.05) is 35.1 Å². The van der Waals surface area contributed by atoms with E-state index < -0.39 is 17.6 Å². The largest absolute Gasteiger partial charge is 0.416 e. The maximum Gasteiger partial charge on any atom is 0.416 e. The molecule has 2 aromatic carbocycles. The van der Waals surface area contributed by atoms with Crippen LogP contribution in [0.2, 0.25) is 5.02 Å². The highest BCUT2D eigenvalue weighted by Crippen LogP contribution is 2.34. The Kier molecular flexibility index (Phi) is 3.99. The Labute approximate surface area is 137 Å². The van der Waals surface area contributed by atoms with Gasteiger partial charge in [0.2, 0.25) is 0 Å². The van der Waals surface area contributed by atoms with Gasteiger partial charge in [0.15, 0.2) is 5.13 Å². The molecule has 3 nitrogen and oxygen atoms in total. The molecule has 0 saturated heterocycles. The van der Waals surface area contributed by atoms with Crippen LogP contribution >= 0.6 is 22.9 Å². The lowest BCUT2D eigenvalue weighted by Crippen LogP contribution is -2.11. The fourth-order valence-corrected chi connectivity index (χ4v) is 3.09. The molecule has 0 aliphatic rings. The van der Waals surface area contributed by atoms with E-state index in [1.54, 1.807) is 24.3 Å². The molecule has 0 aliphatic heterocycles. The van der Waals surface area contributed by atoms with Crippen molar-refractivity contribution < 1.29 is 18.0 Å². The number of thiazole rings is 1. The van der Waals surface area contributed by atoms with E-state index in [4.69, 9.17) is 11.6 Å². The number of benzene rings is 2. The fraction of sp³-hybridized carbons (Fsp3) is 0.0667. The zero-order valence-electron chi connectivity index (χ0n) is 11.3. The Morgan fingerprint density at radius 1 is 1.17 bits per heavy atom. The monoisotopic (exact) mass is 356 g/mol. The van der Waals surface area contributed by atoms with Crippen LogP contribution in [-0.4, -0.2) is 10.9 Å². The van der Waals surface area contributed by atoms with Gasteiger partial charge in [0.05, 0.1) is 26.4 Å². The maximum absolute atomic E-state index is 12.7. The molecule has 0 fully saturated rings. The van der Waals surface area contributed by atoms with Crippen molar-refractivity contribution in [3.05, 3.63) is 58.6 Å². The highest BCUT2D eigenvalue weighted by Gasteiger charge is 2.30. The molecule has 23 heavy (non-hydrogen) atoms. The molecule has 0 bridgehead atoms. The van der Waals surface area contributed by atoms with Crippen LogP contribution < -0.4 is 5.32 Å². The van der Waals surface area contributed by atoms with Gasteiger partial charge in [0.25, 0.3) is 5.91 Å². The second-order valence-corrected chi connectivity index (χ2v) is 6.07. The van der Waals surface area contributed by atoms with Gasteiger partial charge in [-0.15, -0.1) is 0 Å². The smallest absolute Gasteiger partial charge is 0.298 e. The Balaban J connectivity index is 1.89. The van der Waals surface area contributed by atoms with E-state index in [2.05, 4.69) is 10.3 Å². The lowest BCUT2D eigenvalue weighted by atomic mass is 10.2. The minimum atomic E-state index is -4.42. The third-order valence-electron chi connectivity index (χ3n) is 3.05. The van der Waals surface area contributed by atoms with Gasteiger partial charge in [0.1, 0.15) is 0 Å². The average molecular weight is 357 g/mol. The zero-order chi connectivity index (χ0) is 16.6. The standard InChI is InChI=1S/C15H8ClF3N2OS/c16-10-4-2-1-3-9(10)13(22)21-14-20-11-6-5-8(15(17,18)19)7-12(11)23-14/h1-7H,(H,20,21,22). The quantitative estimate of drug-likeness (QED) is 0.684. The van der Waals surface area contributed by atoms with Crippen molar-refractivity contribution in [1.29, 1.82) is 0 Å². The number of alkyl halides is 3. The first-order valence-electron chi connectivity index (χ1n) is 6.38. The maximum atomic E-state index is 12.7. The molecule has 1 N–H and O–H groups in total. The number of nitrogens with zero attached hydrogens (tertiary/aromatic N) is 1. The second kappa shape index (κ2) is 5.82. The van der Waals surface area contributed by atoms with Gasteiger partial charge >= 0.3 is 6.18 Å². The summed E-state index contributed by atoms with van der Waals surface area (Å²) in [4.78, 5) is 16.2. The van der Waals surface area contributed by atoms with Crippen LogP contribution in [0.3, 0.4) is 0 Å². The molecule has 3 aromatic rings. The Morgan fingerprint density at radius 2 is 1.91 bits per heavy atom. The van der Waals surface area contributed by atoms with Gasteiger partial charge in [-0.25, -0.2) is 4.98 Å². The second-order valence-electron chi connectivity index (χ2n) is 4.63. The minimum Gasteiger partial charge on any atom is -0.298 e. The van der Waals surface area contributed by atoms with Gasteiger partial charge in [-0.3, -0.25) is 10.1 Å². The predicted molar refractivity (Wildman–Crippen MR) is 84.0 cm³/mol. The summed E-state index contributed by atoms with van der Waals surface area (Å²) in [6.45, 7) is 0. The zero-order valence-corrected chi connectivity index (χ0v) is 12.9. The molecule has 0 atom stereocenters. The summed E-state index contributed by atoms with van der Waals surface area (Å²) < 4.78 is 38.4. The molecule has 0 radical (unpaired) electrons. The van der Waals surface area contributed by atoms with Crippen LogP contribution in [0.5, 0.6) is 0 Å². The highest BCUT2D eigenvalue weighted by atomic mass is 35.5. The highest BCUT2D eigenvalue weighted by molar-refractivity contribution is 7.22. The molecule has 1 amide bonds. The van der Waals surface area contributed by atoms with Crippen LogP contribution in [0.15, 0.2) is 42.5 Å². The number of carbonyl (C=O) groups is 1. The molecular formula is C15H8ClF3N2OS. The Bertz CT molecular complexity index is 892. The number of hydrogen-bond donors (Lipinski definition) is 1. The van der Waals surface area contributed by atoms with Crippen molar-refractivity contribution in [1.82, 2.24) is 4.98 Å². The van der Waals surface area contributed by atoms with E-state index in [1.807, 2.05) is 0 Å². The normalized spacial score (nSPS) is 11.7. The number of nitrogens with one attached hydrogen (secondary N) is 1. The number of halogens is 4. The Hall–Kier alpha value is -2.12. The van der Waals surface area contributed by atoms with Crippen LogP contribution in [0, 0.1) is 0 Å². The molecule has 0 saturated carbocycles. The average Bonchev–Trinajstić information content (AvgIpc) is 2.87. The van der Waals surface area contributed by atoms with Crippen LogP contribution in [-0.2, 0) is 6.18 Å². The summed E-state index contributed by atoms with van der Waals surface area (Å²) in [5.74, 6) is -0.467. The van der Waals surface area contributed by atoms with E-state index in [-0.39, 0.29) is 15.7 Å². The minimum absolute atomic E-state index is 0.212. The summed E-state index contributed by atoms with van der Waals surface area (Å²) in [6.07, 6.45) is -4.42. The first-order valence-corrected chi connectivity index (χ1v) is 7.58. The number of hydrogen-bond acceptors (Lipinski definition) is 3. The Morgan fingerprint density at radius 3 is 2.61 bits per heavy atom. The molecule has 1 heterocycles. The number of carbonyl (C=O) groups excluding carboxylic acids is 1. The van der Waals surface area contributed by atoms with E-state index >= 15 is 0 Å². The lowest BCUT2D eigenvalue weighted by molar-refractivity contribution is -0.137. The van der Waals surface area contributed by atoms with Crippen molar-refractivity contribution in [2.24, 2.45) is 0 Å². The van der Waals surface area contributed by atoms with Crippen LogP contribution in [0.1, 0.15) is 15.9 Å². The summed E-state index contributed by atoms with van der Waals surface area (Å²) in [5, 5.41) is 3.04. The molecule has 0 unspecified atom stereocenters. The lowest BCUT2D eigenvalue weighted by Gasteiger charge is -2.04. The SMILES string of the molecule is O=C(Nc1nc2ccc(C(F)(F)F)cc2s1)c1ccccc1Cl. The van der Waals surface area contributed by atoms with Crippen molar-refractivity contribution >= 4 is 44.2 Å². The summed E-state index contributed by atoms with van der Waals surface area (Å²) in [5.41, 5.74) is -0.0977. The molecule has 0 aliphatic carbocycles. The van der Waals surface area contributed by atoms with Gasteiger partial charge in [-0.2, -0.15) is 13.2 Å². The first kappa shape index (κ1) is 15.8. The van der Waals surface area contributed by atoms with Gasteiger partial charge < -0.3 is 0 Å². The molecule has 1 aromatic heterocycles. The number of fused-ring (bicyclic) bond motifs is 1. The van der Waals surface area contributed by atoms with Crippen LogP contribution in [0.25, 0.3) is 10.2 Å². The van der Waals surface area contributed by atoms with Crippen molar-refractivity contribution in [3.63, 3.8) is 0 Å². The number of aromatic nitrogens is 1. The third-order valence-corrected chi connectivity index (χ3v) is 4.32. The van der Waals surface area contributed by atoms with E-state index in [0.29, 0.717) is 10.2 Å². The third kappa shape index (κ3) is 3.30. The number of rotatable bonds is 2. The van der Waals surface area contributed by atoms with Crippen molar-refractivity contribution in [2.75, 3.05) is 5.32 Å². The van der Waals surface area contributed by atoms with Gasteiger partial charge in [0, 0.05) is 0 Å². The predicted octanol–water partition coefficient (Wildman–Crippen LogP) is 5.22. The van der Waals surface area contributed by atoms with Crippen LogP contribution in [0.4, 0.5) is 18.3 Å². The molecule has 0 spiro atoms. The van der Waals surface area contributed by atoms with E-state index in [1.165, 1.54) is 6.07 Å². The fourth-order valence-electron chi connectivity index (χ4n) is 1.96. The summed E-state index contributed by atoms with van der Waals surface area (Å²) in [7, 11) is 0. The topological polar surface area (TPSA) is 42.0 Å². The van der Waals surface area contributed by atoms with Gasteiger partial charge in [-0.05, 0) is 30.3 Å². The van der Waals surface area contributed by atoms with Crippen molar-refractivity contribution in [2.45, 2.75) is 6.18 Å². The summed E-state index contributed by atoms with van der Waals surface area (Å²) >= 11 is 6.90. The number of amides is 1. The van der Waals surface area contributed by atoms with E-state index in [9.17, 15) is 18.0 Å². The van der Waals surface area contributed by atoms with E-state index in [0.717, 1.165) is 23.5 Å². The molecule has 8 heteroatoms. The van der Waals surface area contributed by atoms with Crippen molar-refractivity contribution in [3.8, 4) is 0 Å². The number of anilines is 1. The first-order chi connectivity index (χ1) is 10.8. The molecule has 3 rings (SSSR count). The summed E-state index contributed by atoms with van der Waals surface area (Å²) in [6, 6.07) is 9.72. The molecule has 118 valence electrons. The molecular weight excluding hydrogens is 349 g/mol.